The number of carbonyl (C=O) groups excluding carboxylic acids is 1. The molecule has 1 saturated heterocycles. The van der Waals surface area contributed by atoms with E-state index in [2.05, 4.69) is 51.7 Å². The van der Waals surface area contributed by atoms with Crippen molar-refractivity contribution in [2.24, 2.45) is 5.41 Å². The van der Waals surface area contributed by atoms with Crippen molar-refractivity contribution >= 4 is 23.2 Å². The fourth-order valence-corrected chi connectivity index (χ4v) is 4.77. The summed E-state index contributed by atoms with van der Waals surface area (Å²) in [7, 11) is 0. The van der Waals surface area contributed by atoms with E-state index in [1.165, 1.54) is 10.4 Å². The molecule has 3 aromatic rings. The predicted molar refractivity (Wildman–Crippen MR) is 115 cm³/mol. The number of likely N-dealkylation sites (tertiary alicyclic amines) is 1. The number of carbonyl (C=O) groups is 1. The van der Waals surface area contributed by atoms with Gasteiger partial charge in [0.05, 0.1) is 11.7 Å². The Labute approximate surface area is 170 Å². The number of ketones is 1. The fourth-order valence-electron chi connectivity index (χ4n) is 3.89. The average molecular weight is 389 g/mol. The largest absolute Gasteiger partial charge is 0.294 e. The first-order valence-electron chi connectivity index (χ1n) is 9.53. The Bertz CT molecular complexity index is 962. The lowest BCUT2D eigenvalue weighted by molar-refractivity contribution is -0.128. The molecule has 1 unspecified atom stereocenters. The molecule has 2 aromatic heterocycles. The third-order valence-corrected chi connectivity index (χ3v) is 6.09. The van der Waals surface area contributed by atoms with E-state index in [1.807, 2.05) is 44.2 Å². The molecule has 1 atom stereocenters. The summed E-state index contributed by atoms with van der Waals surface area (Å²) in [6.07, 6.45) is 3.75. The second-order valence-electron chi connectivity index (χ2n) is 7.88. The van der Waals surface area contributed by atoms with Crippen LogP contribution in [0.2, 0.25) is 0 Å². The Morgan fingerprint density at radius 3 is 2.57 bits per heavy atom. The highest BCUT2D eigenvalue weighted by atomic mass is 32.1. The number of aromatic nitrogens is 1. The molecule has 28 heavy (non-hydrogen) atoms. The van der Waals surface area contributed by atoms with Gasteiger partial charge in [-0.25, -0.2) is 0 Å². The van der Waals surface area contributed by atoms with Crippen molar-refractivity contribution in [1.29, 1.82) is 0 Å². The summed E-state index contributed by atoms with van der Waals surface area (Å²) >= 11 is 1.71. The van der Waals surface area contributed by atoms with Gasteiger partial charge >= 0.3 is 0 Å². The van der Waals surface area contributed by atoms with Gasteiger partial charge in [-0.2, -0.15) is 0 Å². The van der Waals surface area contributed by atoms with Crippen molar-refractivity contribution in [3.63, 3.8) is 0 Å². The Morgan fingerprint density at radius 2 is 1.89 bits per heavy atom. The summed E-state index contributed by atoms with van der Waals surface area (Å²) in [5, 5.41) is 2.08. The summed E-state index contributed by atoms with van der Waals surface area (Å²) in [4.78, 5) is 21.5. The van der Waals surface area contributed by atoms with Gasteiger partial charge in [-0.15, -0.1) is 11.3 Å². The number of nitrogens with zero attached hydrogens (tertiary/aromatic N) is 2. The van der Waals surface area contributed by atoms with Gasteiger partial charge in [-0.3, -0.25) is 14.7 Å². The topological polar surface area (TPSA) is 33.2 Å². The van der Waals surface area contributed by atoms with E-state index in [0.29, 0.717) is 0 Å². The Morgan fingerprint density at radius 1 is 1.11 bits per heavy atom. The highest BCUT2D eigenvalue weighted by molar-refractivity contribution is 7.10. The molecule has 142 valence electrons. The van der Waals surface area contributed by atoms with Crippen molar-refractivity contribution < 1.29 is 4.79 Å². The summed E-state index contributed by atoms with van der Waals surface area (Å²) in [5.41, 5.74) is 2.47. The van der Waals surface area contributed by atoms with Gasteiger partial charge in [0, 0.05) is 35.2 Å². The van der Waals surface area contributed by atoms with Crippen molar-refractivity contribution in [1.82, 2.24) is 9.88 Å². The molecule has 0 radical (unpaired) electrons. The minimum Gasteiger partial charge on any atom is -0.294 e. The van der Waals surface area contributed by atoms with Crippen LogP contribution in [0.15, 0.2) is 77.8 Å². The van der Waals surface area contributed by atoms with Crippen LogP contribution < -0.4 is 0 Å². The van der Waals surface area contributed by atoms with Crippen molar-refractivity contribution in [2.75, 3.05) is 6.54 Å². The fraction of sp³-hybridized carbons (Fsp3) is 0.250. The first-order chi connectivity index (χ1) is 13.5. The number of thiophene rings is 1. The lowest BCUT2D eigenvalue weighted by Gasteiger charge is -2.44. The van der Waals surface area contributed by atoms with Crippen molar-refractivity contribution in [3.05, 3.63) is 93.9 Å². The van der Waals surface area contributed by atoms with E-state index in [1.54, 1.807) is 17.5 Å². The summed E-state index contributed by atoms with van der Waals surface area (Å²) in [6.45, 7) is 5.62. The molecule has 0 N–H and O–H groups in total. The minimum absolute atomic E-state index is 0.0530. The number of pyridine rings is 1. The van der Waals surface area contributed by atoms with Crippen molar-refractivity contribution in [3.8, 4) is 0 Å². The molecule has 4 rings (SSSR count). The average Bonchev–Trinajstić information content (AvgIpc) is 3.21. The molecule has 0 spiro atoms. The van der Waals surface area contributed by atoms with E-state index in [-0.39, 0.29) is 11.8 Å². The number of hydrogen-bond donors (Lipinski definition) is 0. The SMILES string of the molecule is CC1(C)CN(Cc2ccccc2)C(c2cccs2)C(=Cc2ccccn2)C1=O. The summed E-state index contributed by atoms with van der Waals surface area (Å²) < 4.78 is 0. The van der Waals surface area contributed by atoms with E-state index < -0.39 is 5.41 Å². The van der Waals surface area contributed by atoms with Gasteiger partial charge < -0.3 is 0 Å². The molecule has 1 aliphatic heterocycles. The zero-order chi connectivity index (χ0) is 19.6. The molecule has 1 aromatic carbocycles. The zero-order valence-corrected chi connectivity index (χ0v) is 17.0. The van der Waals surface area contributed by atoms with Crippen LogP contribution in [0.1, 0.15) is 36.0 Å². The molecule has 3 nitrogen and oxygen atoms in total. The standard InChI is InChI=1S/C24H24N2OS/c1-24(2)17-26(16-18-9-4-3-5-10-18)22(21-12-8-14-28-21)20(23(24)27)15-19-11-6-7-13-25-19/h3-15,22H,16-17H2,1-2H3. The summed E-state index contributed by atoms with van der Waals surface area (Å²) in [5.74, 6) is 0.209. The second kappa shape index (κ2) is 7.82. The monoisotopic (exact) mass is 388 g/mol. The number of piperidine rings is 1. The zero-order valence-electron chi connectivity index (χ0n) is 16.2. The van der Waals surface area contributed by atoms with Crippen LogP contribution in [0, 0.1) is 5.41 Å². The van der Waals surface area contributed by atoms with Crippen LogP contribution in [0.5, 0.6) is 0 Å². The van der Waals surface area contributed by atoms with Gasteiger partial charge in [0.25, 0.3) is 0 Å². The molecular formula is C24H24N2OS. The molecule has 0 bridgehead atoms. The highest BCUT2D eigenvalue weighted by Gasteiger charge is 2.44. The summed E-state index contributed by atoms with van der Waals surface area (Å²) in [6, 6.07) is 20.4. The molecule has 0 saturated carbocycles. The first-order valence-corrected chi connectivity index (χ1v) is 10.4. The van der Waals surface area contributed by atoms with Gasteiger partial charge in [0.15, 0.2) is 5.78 Å². The van der Waals surface area contributed by atoms with Gasteiger partial charge in [0.1, 0.15) is 0 Å². The number of benzene rings is 1. The lowest BCUT2D eigenvalue weighted by Crippen LogP contribution is -2.48. The molecule has 1 aliphatic rings. The van der Waals surface area contributed by atoms with E-state index in [0.717, 1.165) is 24.4 Å². The number of hydrogen-bond acceptors (Lipinski definition) is 4. The molecule has 0 aliphatic carbocycles. The molecule has 3 heterocycles. The van der Waals surface area contributed by atoms with Gasteiger partial charge in [-0.1, -0.05) is 56.3 Å². The maximum absolute atomic E-state index is 13.4. The normalized spacial score (nSPS) is 21.1. The Hall–Kier alpha value is -2.56. The van der Waals surface area contributed by atoms with E-state index >= 15 is 0 Å². The molecule has 0 amide bonds. The Balaban J connectivity index is 1.81. The highest BCUT2D eigenvalue weighted by Crippen LogP contribution is 2.43. The van der Waals surface area contributed by atoms with Crippen LogP contribution in [0.3, 0.4) is 0 Å². The van der Waals surface area contributed by atoms with Crippen LogP contribution >= 0.6 is 11.3 Å². The number of rotatable bonds is 4. The van der Waals surface area contributed by atoms with E-state index in [9.17, 15) is 4.79 Å². The van der Waals surface area contributed by atoms with E-state index in [4.69, 9.17) is 0 Å². The predicted octanol–water partition coefficient (Wildman–Crippen LogP) is 5.38. The van der Waals surface area contributed by atoms with Gasteiger partial charge in [0.2, 0.25) is 0 Å². The van der Waals surface area contributed by atoms with Crippen LogP contribution in [0.4, 0.5) is 0 Å². The molecule has 4 heteroatoms. The first kappa shape index (κ1) is 18.8. The van der Waals surface area contributed by atoms with Crippen LogP contribution in [-0.2, 0) is 11.3 Å². The minimum atomic E-state index is -0.441. The Kier molecular flexibility index (Phi) is 5.25. The molecular weight excluding hydrogens is 364 g/mol. The quantitative estimate of drug-likeness (QED) is 0.563. The lowest BCUT2D eigenvalue weighted by atomic mass is 9.76. The third-order valence-electron chi connectivity index (χ3n) is 5.17. The van der Waals surface area contributed by atoms with Crippen LogP contribution in [-0.4, -0.2) is 22.2 Å². The van der Waals surface area contributed by atoms with Crippen molar-refractivity contribution in [2.45, 2.75) is 26.4 Å². The smallest absolute Gasteiger partial charge is 0.167 e. The van der Waals surface area contributed by atoms with Gasteiger partial charge in [-0.05, 0) is 35.2 Å². The second-order valence-corrected chi connectivity index (χ2v) is 8.86. The molecule has 1 fully saturated rings. The maximum atomic E-state index is 13.4. The third kappa shape index (κ3) is 3.84. The maximum Gasteiger partial charge on any atom is 0.167 e. The number of Topliss-reactive ketones (excluding diaryl/α,β-unsaturated/α-hetero) is 1. The van der Waals surface area contributed by atoms with Crippen LogP contribution in [0.25, 0.3) is 6.08 Å².